The molecule has 1 fully saturated rings. The average molecular weight is 284 g/mol. The minimum Gasteiger partial charge on any atom is -0.467 e. The maximum atomic E-state index is 12.3. The Labute approximate surface area is 122 Å². The Kier molecular flexibility index (Phi) is 3.12. The Morgan fingerprint density at radius 3 is 2.67 bits per heavy atom. The highest BCUT2D eigenvalue weighted by molar-refractivity contribution is 6.01. The number of nitrogens with one attached hydrogen (secondary N) is 1. The number of nitrogens with zero attached hydrogens (tertiary/aromatic N) is 1. The highest BCUT2D eigenvalue weighted by atomic mass is 16.5. The highest BCUT2D eigenvalue weighted by Gasteiger charge is 2.52. The summed E-state index contributed by atoms with van der Waals surface area (Å²) >= 11 is 0. The normalized spacial score (nSPS) is 15.5. The highest BCUT2D eigenvalue weighted by Crippen LogP contribution is 2.36. The van der Waals surface area contributed by atoms with E-state index >= 15 is 0 Å². The molecule has 108 valence electrons. The number of hydrogen-bond donors (Lipinski definition) is 1. The minimum absolute atomic E-state index is 0.264. The number of fused-ring (bicyclic) bond motifs is 1. The van der Waals surface area contributed by atoms with Gasteiger partial charge < -0.3 is 10.1 Å². The van der Waals surface area contributed by atoms with E-state index in [1.807, 2.05) is 25.1 Å². The zero-order chi connectivity index (χ0) is 15.0. The molecule has 1 aromatic heterocycles. The molecule has 1 N–H and O–H groups in total. The molecule has 0 unspecified atom stereocenters. The van der Waals surface area contributed by atoms with E-state index in [2.05, 4.69) is 10.3 Å². The molecule has 3 rings (SSSR count). The van der Waals surface area contributed by atoms with Crippen LogP contribution in [0.25, 0.3) is 10.9 Å². The van der Waals surface area contributed by atoms with E-state index in [0.717, 1.165) is 16.6 Å². The third-order valence-corrected chi connectivity index (χ3v) is 3.77. The lowest BCUT2D eigenvalue weighted by Crippen LogP contribution is -2.43. The van der Waals surface area contributed by atoms with Gasteiger partial charge in [0.25, 0.3) is 5.91 Å². The molecule has 1 aliphatic carbocycles. The predicted octanol–water partition coefficient (Wildman–Crippen LogP) is 1.98. The summed E-state index contributed by atoms with van der Waals surface area (Å²) in [5.41, 5.74) is 1.47. The Balaban J connectivity index is 1.85. The molecule has 5 heteroatoms. The van der Waals surface area contributed by atoms with Crippen LogP contribution >= 0.6 is 0 Å². The molecular weight excluding hydrogens is 268 g/mol. The topological polar surface area (TPSA) is 68.3 Å². The van der Waals surface area contributed by atoms with Gasteiger partial charge in [0.1, 0.15) is 5.54 Å². The largest absolute Gasteiger partial charge is 0.467 e. The molecular formula is C16H16N2O3. The van der Waals surface area contributed by atoms with Crippen molar-refractivity contribution in [1.29, 1.82) is 0 Å². The monoisotopic (exact) mass is 284 g/mol. The van der Waals surface area contributed by atoms with E-state index in [0.29, 0.717) is 18.4 Å². The lowest BCUT2D eigenvalue weighted by Gasteiger charge is -2.14. The fraction of sp³-hybridized carbons (Fsp3) is 0.312. The maximum Gasteiger partial charge on any atom is 0.331 e. The second-order valence-corrected chi connectivity index (χ2v) is 5.39. The number of aryl methyl sites for hydroxylation is 1. The second-order valence-electron chi connectivity index (χ2n) is 5.39. The van der Waals surface area contributed by atoms with Crippen LogP contribution in [0.5, 0.6) is 0 Å². The van der Waals surface area contributed by atoms with Gasteiger partial charge in [0.15, 0.2) is 0 Å². The van der Waals surface area contributed by atoms with E-state index in [1.165, 1.54) is 7.11 Å². The number of methoxy groups -OCH3 is 1. The number of carbonyl (C=O) groups excluding carboxylic acids is 2. The molecule has 0 saturated heterocycles. The van der Waals surface area contributed by atoms with Crippen molar-refractivity contribution in [3.8, 4) is 0 Å². The van der Waals surface area contributed by atoms with Gasteiger partial charge in [-0.1, -0.05) is 6.07 Å². The SMILES string of the molecule is COC(=O)C1(NC(=O)c2ccc3nc(C)ccc3c2)CC1. The lowest BCUT2D eigenvalue weighted by atomic mass is 10.1. The molecule has 2 aromatic rings. The number of aromatic nitrogens is 1. The van der Waals surface area contributed by atoms with Crippen molar-refractivity contribution < 1.29 is 14.3 Å². The Morgan fingerprint density at radius 2 is 2.00 bits per heavy atom. The molecule has 0 radical (unpaired) electrons. The molecule has 1 saturated carbocycles. The first-order valence-corrected chi connectivity index (χ1v) is 6.82. The predicted molar refractivity (Wildman–Crippen MR) is 77.9 cm³/mol. The summed E-state index contributed by atoms with van der Waals surface area (Å²) in [6, 6.07) is 9.15. The molecule has 21 heavy (non-hydrogen) atoms. The van der Waals surface area contributed by atoms with Crippen molar-refractivity contribution in [2.24, 2.45) is 0 Å². The van der Waals surface area contributed by atoms with Crippen LogP contribution in [-0.2, 0) is 9.53 Å². The van der Waals surface area contributed by atoms with Crippen molar-refractivity contribution in [1.82, 2.24) is 10.3 Å². The summed E-state index contributed by atoms with van der Waals surface area (Å²) in [5, 5.41) is 3.68. The number of carbonyl (C=O) groups is 2. The Hall–Kier alpha value is -2.43. The van der Waals surface area contributed by atoms with Gasteiger partial charge in [-0.05, 0) is 44.0 Å². The van der Waals surface area contributed by atoms with Crippen molar-refractivity contribution in [2.45, 2.75) is 25.3 Å². The zero-order valence-corrected chi connectivity index (χ0v) is 12.0. The number of ether oxygens (including phenoxy) is 1. The molecule has 1 aromatic carbocycles. The number of amides is 1. The molecule has 0 atom stereocenters. The average Bonchev–Trinajstić information content (AvgIpc) is 3.26. The van der Waals surface area contributed by atoms with Crippen molar-refractivity contribution in [3.05, 3.63) is 41.6 Å². The standard InChI is InChI=1S/C16H16N2O3/c1-10-3-4-11-9-12(5-6-13(11)17-10)14(19)18-16(7-8-16)15(20)21-2/h3-6,9H,7-8H2,1-2H3,(H,18,19). The van der Waals surface area contributed by atoms with Crippen LogP contribution in [0.4, 0.5) is 0 Å². The van der Waals surface area contributed by atoms with Crippen LogP contribution in [0.15, 0.2) is 30.3 Å². The van der Waals surface area contributed by atoms with Crippen LogP contribution in [0.3, 0.4) is 0 Å². The molecule has 1 heterocycles. The third kappa shape index (κ3) is 2.46. The van der Waals surface area contributed by atoms with E-state index in [9.17, 15) is 9.59 Å². The van der Waals surface area contributed by atoms with Gasteiger partial charge in [-0.3, -0.25) is 9.78 Å². The van der Waals surface area contributed by atoms with E-state index in [4.69, 9.17) is 4.74 Å². The summed E-state index contributed by atoms with van der Waals surface area (Å²) in [5.74, 6) is -0.644. The smallest absolute Gasteiger partial charge is 0.331 e. The van der Waals surface area contributed by atoms with E-state index < -0.39 is 5.54 Å². The third-order valence-electron chi connectivity index (χ3n) is 3.77. The summed E-state index contributed by atoms with van der Waals surface area (Å²) in [6.45, 7) is 1.92. The molecule has 1 amide bonds. The zero-order valence-electron chi connectivity index (χ0n) is 12.0. The summed E-state index contributed by atoms with van der Waals surface area (Å²) < 4.78 is 4.73. The van der Waals surface area contributed by atoms with Crippen LogP contribution in [0.1, 0.15) is 28.9 Å². The molecule has 5 nitrogen and oxygen atoms in total. The number of benzene rings is 1. The molecule has 0 aliphatic heterocycles. The fourth-order valence-corrected chi connectivity index (χ4v) is 2.36. The van der Waals surface area contributed by atoms with Crippen molar-refractivity contribution >= 4 is 22.8 Å². The van der Waals surface area contributed by atoms with Crippen molar-refractivity contribution in [2.75, 3.05) is 7.11 Å². The van der Waals surface area contributed by atoms with Gasteiger partial charge in [0.2, 0.25) is 0 Å². The molecule has 0 bridgehead atoms. The van der Waals surface area contributed by atoms with E-state index in [1.54, 1.807) is 12.1 Å². The van der Waals surface area contributed by atoms with Crippen LogP contribution in [0, 0.1) is 6.92 Å². The number of pyridine rings is 1. The maximum absolute atomic E-state index is 12.3. The number of esters is 1. The van der Waals surface area contributed by atoms with Gasteiger partial charge in [-0.25, -0.2) is 4.79 Å². The molecule has 1 aliphatic rings. The van der Waals surface area contributed by atoms with Gasteiger partial charge in [0, 0.05) is 16.6 Å². The van der Waals surface area contributed by atoms with Gasteiger partial charge in [-0.2, -0.15) is 0 Å². The summed E-state index contributed by atoms with van der Waals surface area (Å²) in [7, 11) is 1.33. The lowest BCUT2D eigenvalue weighted by molar-refractivity contribution is -0.144. The van der Waals surface area contributed by atoms with Crippen LogP contribution in [0.2, 0.25) is 0 Å². The number of hydrogen-bond acceptors (Lipinski definition) is 4. The minimum atomic E-state index is -0.827. The second kappa shape index (κ2) is 4.84. The Bertz CT molecular complexity index is 735. The van der Waals surface area contributed by atoms with Crippen LogP contribution < -0.4 is 5.32 Å². The first kappa shape index (κ1) is 13.5. The summed E-state index contributed by atoms with van der Waals surface area (Å²) in [6.07, 6.45) is 1.25. The first-order valence-electron chi connectivity index (χ1n) is 6.82. The molecule has 0 spiro atoms. The number of rotatable bonds is 3. The Morgan fingerprint density at radius 1 is 1.24 bits per heavy atom. The van der Waals surface area contributed by atoms with Gasteiger partial charge in [-0.15, -0.1) is 0 Å². The summed E-state index contributed by atoms with van der Waals surface area (Å²) in [4.78, 5) is 28.4. The van der Waals surface area contributed by atoms with Gasteiger partial charge >= 0.3 is 5.97 Å². The fourth-order valence-electron chi connectivity index (χ4n) is 2.36. The quantitative estimate of drug-likeness (QED) is 0.875. The van der Waals surface area contributed by atoms with Crippen molar-refractivity contribution in [3.63, 3.8) is 0 Å². The van der Waals surface area contributed by atoms with Crippen LogP contribution in [-0.4, -0.2) is 29.5 Å². The van der Waals surface area contributed by atoms with E-state index in [-0.39, 0.29) is 11.9 Å². The van der Waals surface area contributed by atoms with Gasteiger partial charge in [0.05, 0.1) is 12.6 Å². The first-order chi connectivity index (χ1) is 10.0.